The van der Waals surface area contributed by atoms with Crippen LogP contribution >= 0.6 is 27.3 Å². The van der Waals surface area contributed by atoms with Gasteiger partial charge in [0.1, 0.15) is 0 Å². The predicted octanol–water partition coefficient (Wildman–Crippen LogP) is 4.56. The van der Waals surface area contributed by atoms with Gasteiger partial charge in [0.15, 0.2) is 0 Å². The maximum absolute atomic E-state index is 4.79. The molecule has 0 spiro atoms. The van der Waals surface area contributed by atoms with Crippen molar-refractivity contribution in [2.45, 2.75) is 39.7 Å². The first-order valence-corrected chi connectivity index (χ1v) is 8.76. The van der Waals surface area contributed by atoms with Crippen molar-refractivity contribution in [1.82, 2.24) is 10.3 Å². The SMILES string of the molecule is CCCNCc1sc(Cc2ccc(Br)cc2)nc1CC. The van der Waals surface area contributed by atoms with Crippen LogP contribution in [0.2, 0.25) is 0 Å². The number of nitrogens with zero attached hydrogens (tertiary/aromatic N) is 1. The fourth-order valence-electron chi connectivity index (χ4n) is 2.08. The van der Waals surface area contributed by atoms with Gasteiger partial charge in [-0.3, -0.25) is 0 Å². The van der Waals surface area contributed by atoms with Gasteiger partial charge >= 0.3 is 0 Å². The van der Waals surface area contributed by atoms with E-state index >= 15 is 0 Å². The summed E-state index contributed by atoms with van der Waals surface area (Å²) >= 11 is 5.32. The van der Waals surface area contributed by atoms with E-state index in [9.17, 15) is 0 Å². The standard InChI is InChI=1S/C16H21BrN2S/c1-3-9-18-11-15-14(4-2)19-16(20-15)10-12-5-7-13(17)8-6-12/h5-8,18H,3-4,9-11H2,1-2H3. The highest BCUT2D eigenvalue weighted by atomic mass is 79.9. The minimum atomic E-state index is 0.929. The molecule has 0 aliphatic heterocycles. The molecule has 0 saturated carbocycles. The van der Waals surface area contributed by atoms with Crippen LogP contribution in [-0.2, 0) is 19.4 Å². The number of aryl methyl sites for hydroxylation is 1. The zero-order valence-corrected chi connectivity index (χ0v) is 14.5. The highest BCUT2D eigenvalue weighted by Crippen LogP contribution is 2.22. The Balaban J connectivity index is 2.06. The average Bonchev–Trinajstić information content (AvgIpc) is 2.84. The molecule has 1 heterocycles. The van der Waals surface area contributed by atoms with Crippen molar-refractivity contribution in [3.8, 4) is 0 Å². The summed E-state index contributed by atoms with van der Waals surface area (Å²) < 4.78 is 1.12. The van der Waals surface area contributed by atoms with Crippen LogP contribution < -0.4 is 5.32 Å². The molecule has 0 aliphatic rings. The van der Waals surface area contributed by atoms with Crippen LogP contribution in [0.1, 0.15) is 41.4 Å². The van der Waals surface area contributed by atoms with Crippen molar-refractivity contribution in [1.29, 1.82) is 0 Å². The Hall–Kier alpha value is -0.710. The molecule has 1 aromatic carbocycles. The highest BCUT2D eigenvalue weighted by Gasteiger charge is 2.09. The average molecular weight is 353 g/mol. The number of thiazole rings is 1. The zero-order chi connectivity index (χ0) is 14.4. The van der Waals surface area contributed by atoms with Gasteiger partial charge in [-0.25, -0.2) is 4.98 Å². The number of halogens is 1. The van der Waals surface area contributed by atoms with Crippen LogP contribution in [0, 0.1) is 0 Å². The molecule has 108 valence electrons. The molecule has 1 aromatic heterocycles. The van der Waals surface area contributed by atoms with Crippen LogP contribution in [0.15, 0.2) is 28.7 Å². The molecule has 2 nitrogen and oxygen atoms in total. The molecule has 1 N–H and O–H groups in total. The predicted molar refractivity (Wildman–Crippen MR) is 90.4 cm³/mol. The largest absolute Gasteiger partial charge is 0.312 e. The van der Waals surface area contributed by atoms with Crippen molar-refractivity contribution in [3.63, 3.8) is 0 Å². The minimum absolute atomic E-state index is 0.929. The number of aromatic nitrogens is 1. The number of hydrogen-bond donors (Lipinski definition) is 1. The number of hydrogen-bond acceptors (Lipinski definition) is 3. The molecule has 0 radical (unpaired) electrons. The Labute approximate surface area is 133 Å². The van der Waals surface area contributed by atoms with Gasteiger partial charge in [0, 0.05) is 22.3 Å². The van der Waals surface area contributed by atoms with Gasteiger partial charge in [-0.2, -0.15) is 0 Å². The highest BCUT2D eigenvalue weighted by molar-refractivity contribution is 9.10. The molecule has 0 bridgehead atoms. The summed E-state index contributed by atoms with van der Waals surface area (Å²) in [5, 5.41) is 4.69. The molecular weight excluding hydrogens is 332 g/mol. The molecule has 0 fully saturated rings. The smallest absolute Gasteiger partial charge is 0.0975 e. The van der Waals surface area contributed by atoms with Gasteiger partial charge in [-0.05, 0) is 37.1 Å². The first kappa shape index (κ1) is 15.7. The first-order chi connectivity index (χ1) is 9.72. The molecule has 0 amide bonds. The lowest BCUT2D eigenvalue weighted by Crippen LogP contribution is -2.13. The first-order valence-electron chi connectivity index (χ1n) is 7.15. The van der Waals surface area contributed by atoms with E-state index < -0.39 is 0 Å². The molecule has 4 heteroatoms. The molecule has 0 unspecified atom stereocenters. The lowest BCUT2D eigenvalue weighted by atomic mass is 10.2. The summed E-state index contributed by atoms with van der Waals surface area (Å²) in [4.78, 5) is 6.19. The van der Waals surface area contributed by atoms with Crippen molar-refractivity contribution < 1.29 is 0 Å². The Bertz CT molecular complexity index is 534. The summed E-state index contributed by atoms with van der Waals surface area (Å²) in [6.45, 7) is 6.40. The third-order valence-corrected chi connectivity index (χ3v) is 4.76. The fraction of sp³-hybridized carbons (Fsp3) is 0.438. The second kappa shape index (κ2) is 7.91. The Morgan fingerprint density at radius 3 is 2.60 bits per heavy atom. The Morgan fingerprint density at radius 2 is 1.95 bits per heavy atom. The van der Waals surface area contributed by atoms with Gasteiger partial charge in [0.25, 0.3) is 0 Å². The van der Waals surface area contributed by atoms with E-state index in [2.05, 4.69) is 59.4 Å². The second-order valence-corrected chi connectivity index (χ2v) is 6.89. The van der Waals surface area contributed by atoms with E-state index in [1.807, 2.05) is 11.3 Å². The van der Waals surface area contributed by atoms with Gasteiger partial charge in [0.05, 0.1) is 10.7 Å². The van der Waals surface area contributed by atoms with Gasteiger partial charge in [-0.15, -0.1) is 11.3 Å². The third kappa shape index (κ3) is 4.40. The normalized spacial score (nSPS) is 10.9. The minimum Gasteiger partial charge on any atom is -0.312 e. The van der Waals surface area contributed by atoms with E-state index in [1.54, 1.807) is 0 Å². The van der Waals surface area contributed by atoms with E-state index in [0.717, 1.165) is 30.4 Å². The molecule has 0 saturated heterocycles. The molecular formula is C16H21BrN2S. The summed E-state index contributed by atoms with van der Waals surface area (Å²) in [5.41, 5.74) is 2.57. The summed E-state index contributed by atoms with van der Waals surface area (Å²) in [6.07, 6.45) is 3.12. The van der Waals surface area contributed by atoms with Crippen molar-refractivity contribution in [2.75, 3.05) is 6.54 Å². The summed E-state index contributed by atoms with van der Waals surface area (Å²) in [7, 11) is 0. The lowest BCUT2D eigenvalue weighted by molar-refractivity contribution is 0.676. The second-order valence-electron chi connectivity index (χ2n) is 4.81. The van der Waals surface area contributed by atoms with Crippen LogP contribution in [-0.4, -0.2) is 11.5 Å². The van der Waals surface area contributed by atoms with Crippen LogP contribution in [0.25, 0.3) is 0 Å². The van der Waals surface area contributed by atoms with Crippen LogP contribution in [0.5, 0.6) is 0 Å². The zero-order valence-electron chi connectivity index (χ0n) is 12.1. The van der Waals surface area contributed by atoms with Gasteiger partial charge < -0.3 is 5.32 Å². The van der Waals surface area contributed by atoms with Crippen LogP contribution in [0.3, 0.4) is 0 Å². The van der Waals surface area contributed by atoms with Crippen molar-refractivity contribution >= 4 is 27.3 Å². The van der Waals surface area contributed by atoms with Gasteiger partial charge in [0.2, 0.25) is 0 Å². The van der Waals surface area contributed by atoms with Crippen molar-refractivity contribution in [2.24, 2.45) is 0 Å². The molecule has 0 aliphatic carbocycles. The number of benzene rings is 1. The van der Waals surface area contributed by atoms with Crippen molar-refractivity contribution in [3.05, 3.63) is 49.9 Å². The van der Waals surface area contributed by atoms with E-state index in [1.165, 1.54) is 27.6 Å². The Kier molecular flexibility index (Phi) is 6.20. The molecule has 2 rings (SSSR count). The maximum Gasteiger partial charge on any atom is 0.0975 e. The quantitative estimate of drug-likeness (QED) is 0.738. The maximum atomic E-state index is 4.79. The fourth-order valence-corrected chi connectivity index (χ4v) is 3.51. The van der Waals surface area contributed by atoms with Crippen LogP contribution in [0.4, 0.5) is 0 Å². The topological polar surface area (TPSA) is 24.9 Å². The monoisotopic (exact) mass is 352 g/mol. The van der Waals surface area contributed by atoms with Gasteiger partial charge in [-0.1, -0.05) is 41.9 Å². The number of nitrogens with one attached hydrogen (secondary N) is 1. The molecule has 20 heavy (non-hydrogen) atoms. The Morgan fingerprint density at radius 1 is 1.20 bits per heavy atom. The van der Waals surface area contributed by atoms with E-state index in [-0.39, 0.29) is 0 Å². The molecule has 2 aromatic rings. The lowest BCUT2D eigenvalue weighted by Gasteiger charge is -2.01. The number of rotatable bonds is 7. The molecule has 0 atom stereocenters. The third-order valence-electron chi connectivity index (χ3n) is 3.14. The van der Waals surface area contributed by atoms with E-state index in [0.29, 0.717) is 0 Å². The van der Waals surface area contributed by atoms with E-state index in [4.69, 9.17) is 4.98 Å². The summed E-state index contributed by atoms with van der Waals surface area (Å²) in [6, 6.07) is 8.50. The summed E-state index contributed by atoms with van der Waals surface area (Å²) in [5.74, 6) is 0.